The maximum Gasteiger partial charge on any atom is 0.416 e. The summed E-state index contributed by atoms with van der Waals surface area (Å²) in [6.07, 6.45) is -8.87. The second-order valence-corrected chi connectivity index (χ2v) is 4.09. The second-order valence-electron chi connectivity index (χ2n) is 4.09. The topological polar surface area (TPSA) is 12.0 Å². The van der Waals surface area contributed by atoms with E-state index in [2.05, 4.69) is 5.32 Å². The van der Waals surface area contributed by atoms with Crippen molar-refractivity contribution in [3.05, 3.63) is 34.9 Å². The molecule has 1 saturated heterocycles. The van der Waals surface area contributed by atoms with Crippen molar-refractivity contribution in [1.82, 2.24) is 5.32 Å². The van der Waals surface area contributed by atoms with Gasteiger partial charge in [-0.05, 0) is 36.7 Å². The van der Waals surface area contributed by atoms with E-state index in [9.17, 15) is 26.3 Å². The molecule has 1 nitrogen and oxygen atoms in total. The molecular formula is C11H9F6N. The third kappa shape index (κ3) is 2.45. The van der Waals surface area contributed by atoms with E-state index >= 15 is 0 Å². The van der Waals surface area contributed by atoms with E-state index in [1.54, 1.807) is 0 Å². The van der Waals surface area contributed by atoms with Crippen LogP contribution in [0.5, 0.6) is 0 Å². The molecule has 2 rings (SSSR count). The van der Waals surface area contributed by atoms with E-state index in [1.807, 2.05) is 0 Å². The van der Waals surface area contributed by atoms with Gasteiger partial charge in [0, 0.05) is 6.04 Å². The first kappa shape index (κ1) is 13.2. The largest absolute Gasteiger partial charge is 0.416 e. The van der Waals surface area contributed by atoms with E-state index < -0.39 is 29.5 Å². The molecule has 1 atom stereocenters. The van der Waals surface area contributed by atoms with Crippen LogP contribution in [0.1, 0.15) is 29.2 Å². The molecule has 0 radical (unpaired) electrons. The lowest BCUT2D eigenvalue weighted by molar-refractivity contribution is -0.142. The van der Waals surface area contributed by atoms with E-state index in [1.165, 1.54) is 0 Å². The first-order valence-electron chi connectivity index (χ1n) is 5.21. The summed E-state index contributed by atoms with van der Waals surface area (Å²) in [5.41, 5.74) is -2.39. The lowest BCUT2D eigenvalue weighted by Crippen LogP contribution is -2.36. The van der Waals surface area contributed by atoms with Crippen LogP contribution >= 0.6 is 0 Å². The lowest BCUT2D eigenvalue weighted by Gasteiger charge is -2.30. The summed E-state index contributed by atoms with van der Waals surface area (Å²) in [5, 5.41) is 2.69. The van der Waals surface area contributed by atoms with Crippen LogP contribution in [0, 0.1) is 0 Å². The first-order valence-corrected chi connectivity index (χ1v) is 5.21. The van der Waals surface area contributed by atoms with Gasteiger partial charge in [0.1, 0.15) is 0 Å². The third-order valence-corrected chi connectivity index (χ3v) is 2.88. The lowest BCUT2D eigenvalue weighted by atomic mass is 9.91. The van der Waals surface area contributed by atoms with Gasteiger partial charge in [-0.2, -0.15) is 26.3 Å². The Hall–Kier alpha value is -1.24. The number of hydrogen-bond acceptors (Lipinski definition) is 1. The zero-order valence-electron chi connectivity index (χ0n) is 8.99. The molecule has 0 spiro atoms. The molecule has 1 aliphatic rings. The van der Waals surface area contributed by atoms with Crippen LogP contribution in [0.3, 0.4) is 0 Å². The highest BCUT2D eigenvalue weighted by atomic mass is 19.4. The minimum Gasteiger partial charge on any atom is -0.310 e. The molecule has 0 bridgehead atoms. The molecule has 0 saturated carbocycles. The molecule has 1 aromatic carbocycles. The Morgan fingerprint density at radius 1 is 1.00 bits per heavy atom. The summed E-state index contributed by atoms with van der Waals surface area (Å²) in [6, 6.07) is 0.895. The number of benzene rings is 1. The van der Waals surface area contributed by atoms with Crippen molar-refractivity contribution in [2.45, 2.75) is 24.8 Å². The molecule has 1 heterocycles. The van der Waals surface area contributed by atoms with Crippen molar-refractivity contribution >= 4 is 0 Å². The van der Waals surface area contributed by atoms with Gasteiger partial charge in [-0.15, -0.1) is 0 Å². The van der Waals surface area contributed by atoms with Crippen molar-refractivity contribution < 1.29 is 26.3 Å². The third-order valence-electron chi connectivity index (χ3n) is 2.88. The second kappa shape index (κ2) is 4.15. The van der Waals surface area contributed by atoms with Crippen molar-refractivity contribution in [2.24, 2.45) is 0 Å². The molecule has 0 aliphatic carbocycles. The fourth-order valence-corrected chi connectivity index (χ4v) is 1.84. The Labute approximate surface area is 98.8 Å². The maximum atomic E-state index is 12.7. The van der Waals surface area contributed by atoms with Crippen LogP contribution in [0.4, 0.5) is 26.3 Å². The molecule has 7 heteroatoms. The van der Waals surface area contributed by atoms with E-state index in [4.69, 9.17) is 0 Å². The van der Waals surface area contributed by atoms with E-state index in [0.29, 0.717) is 31.2 Å². The van der Waals surface area contributed by atoms with Gasteiger partial charge >= 0.3 is 12.4 Å². The van der Waals surface area contributed by atoms with Gasteiger partial charge < -0.3 is 5.32 Å². The highest BCUT2D eigenvalue weighted by molar-refractivity contribution is 5.38. The summed E-state index contributed by atoms with van der Waals surface area (Å²) in [5.74, 6) is 0. The van der Waals surface area contributed by atoms with Crippen LogP contribution < -0.4 is 5.32 Å². The standard InChI is InChI=1S/C11H9F6N/c12-10(13,14)6-1-2-8(11(15,16)17)7(5-6)9-3-4-18-9/h1-2,5,9,18H,3-4H2/t9-/m0/s1. The van der Waals surface area contributed by atoms with Gasteiger partial charge in [0.15, 0.2) is 0 Å². The molecule has 1 aliphatic heterocycles. The summed E-state index contributed by atoms with van der Waals surface area (Å²) in [4.78, 5) is 0. The predicted octanol–water partition coefficient (Wildman–Crippen LogP) is 3.76. The van der Waals surface area contributed by atoms with Crippen LogP contribution in [0.15, 0.2) is 18.2 Å². The van der Waals surface area contributed by atoms with Gasteiger partial charge in [0.25, 0.3) is 0 Å². The average molecular weight is 269 g/mol. The van der Waals surface area contributed by atoms with Crippen molar-refractivity contribution in [1.29, 1.82) is 0 Å². The molecule has 1 aromatic rings. The number of hydrogen-bond donors (Lipinski definition) is 1. The quantitative estimate of drug-likeness (QED) is 0.765. The highest BCUT2D eigenvalue weighted by Crippen LogP contribution is 2.40. The van der Waals surface area contributed by atoms with Crippen LogP contribution in [0.25, 0.3) is 0 Å². The van der Waals surface area contributed by atoms with Gasteiger partial charge in [-0.25, -0.2) is 0 Å². The van der Waals surface area contributed by atoms with Gasteiger partial charge in [0.2, 0.25) is 0 Å². The summed E-state index contributed by atoms with van der Waals surface area (Å²) >= 11 is 0. The smallest absolute Gasteiger partial charge is 0.310 e. The minimum atomic E-state index is -4.64. The first-order chi connectivity index (χ1) is 8.19. The van der Waals surface area contributed by atoms with Gasteiger partial charge in [-0.1, -0.05) is 0 Å². The van der Waals surface area contributed by atoms with E-state index in [-0.39, 0.29) is 5.56 Å². The Morgan fingerprint density at radius 2 is 1.61 bits per heavy atom. The SMILES string of the molecule is FC(F)(F)c1ccc(C(F)(F)F)c([C@@H]2CCN2)c1. The fraction of sp³-hybridized carbons (Fsp3) is 0.455. The number of nitrogens with one attached hydrogen (secondary N) is 1. The minimum absolute atomic E-state index is 0.330. The van der Waals surface area contributed by atoms with Crippen LogP contribution in [-0.4, -0.2) is 6.54 Å². The molecule has 0 unspecified atom stereocenters. The molecule has 0 amide bonds. The zero-order valence-corrected chi connectivity index (χ0v) is 8.99. The zero-order chi connectivity index (χ0) is 13.6. The molecule has 100 valence electrons. The molecule has 1 N–H and O–H groups in total. The molecule has 18 heavy (non-hydrogen) atoms. The summed E-state index contributed by atoms with van der Waals surface area (Å²) in [7, 11) is 0. The predicted molar refractivity (Wildman–Crippen MR) is 51.8 cm³/mol. The van der Waals surface area contributed by atoms with Crippen molar-refractivity contribution in [2.75, 3.05) is 6.54 Å². The van der Waals surface area contributed by atoms with Crippen molar-refractivity contribution in [3.8, 4) is 0 Å². The van der Waals surface area contributed by atoms with Crippen molar-refractivity contribution in [3.63, 3.8) is 0 Å². The van der Waals surface area contributed by atoms with Gasteiger partial charge in [-0.3, -0.25) is 0 Å². The van der Waals surface area contributed by atoms with E-state index in [0.717, 1.165) is 0 Å². The number of rotatable bonds is 1. The Kier molecular flexibility index (Phi) is 3.04. The fourth-order valence-electron chi connectivity index (χ4n) is 1.84. The summed E-state index contributed by atoms with van der Waals surface area (Å²) < 4.78 is 75.5. The van der Waals surface area contributed by atoms with Gasteiger partial charge in [0.05, 0.1) is 11.1 Å². The average Bonchev–Trinajstić information content (AvgIpc) is 2.11. The molecule has 1 fully saturated rings. The molecule has 0 aromatic heterocycles. The normalized spacial score (nSPS) is 20.7. The highest BCUT2D eigenvalue weighted by Gasteiger charge is 2.39. The maximum absolute atomic E-state index is 12.7. The number of halogens is 6. The van der Waals surface area contributed by atoms with Crippen LogP contribution in [-0.2, 0) is 12.4 Å². The Morgan fingerprint density at radius 3 is 2.00 bits per heavy atom. The van der Waals surface area contributed by atoms with Crippen LogP contribution in [0.2, 0.25) is 0 Å². The summed E-state index contributed by atoms with van der Waals surface area (Å²) in [6.45, 7) is 0.512. The Balaban J connectivity index is 2.49. The monoisotopic (exact) mass is 269 g/mol. The number of alkyl halides is 6. The molecular weight excluding hydrogens is 260 g/mol. The Bertz CT molecular complexity index is 444.